The highest BCUT2D eigenvalue weighted by molar-refractivity contribution is 14.1. The molecule has 0 aromatic rings. The highest BCUT2D eigenvalue weighted by Gasteiger charge is 1.93. The van der Waals surface area contributed by atoms with Gasteiger partial charge in [0.05, 0.1) is 6.61 Å². The van der Waals surface area contributed by atoms with E-state index in [1.54, 1.807) is 29.8 Å². The third-order valence-electron chi connectivity index (χ3n) is 0.425. The smallest absolute Gasteiger partial charge is 0.422 e. The first-order chi connectivity index (χ1) is 3.81. The number of halogens is 1. The SMILES string of the molecule is CCOC(=O)NNI. The van der Waals surface area contributed by atoms with Crippen LogP contribution in [0.3, 0.4) is 0 Å². The lowest BCUT2D eigenvalue weighted by Gasteiger charge is -1.99. The molecular formula is C3H7IN2O2. The second-order valence-corrected chi connectivity index (χ2v) is 1.48. The van der Waals surface area contributed by atoms with E-state index in [1.807, 2.05) is 0 Å². The summed E-state index contributed by atoms with van der Waals surface area (Å²) in [5, 5.41) is 0. The Morgan fingerprint density at radius 2 is 2.50 bits per heavy atom. The van der Waals surface area contributed by atoms with Crippen LogP contribution in [0, 0.1) is 0 Å². The van der Waals surface area contributed by atoms with Gasteiger partial charge in [0, 0.05) is 22.9 Å². The Kier molecular flexibility index (Phi) is 5.08. The minimum absolute atomic E-state index is 0.393. The van der Waals surface area contributed by atoms with Crippen LogP contribution in [-0.2, 0) is 4.74 Å². The number of hydrogen-bond donors (Lipinski definition) is 2. The average molecular weight is 230 g/mol. The zero-order chi connectivity index (χ0) is 6.41. The minimum atomic E-state index is -0.457. The molecule has 0 radical (unpaired) electrons. The maximum Gasteiger partial charge on any atom is 0.422 e. The largest absolute Gasteiger partial charge is 0.449 e. The van der Waals surface area contributed by atoms with Gasteiger partial charge in [-0.2, -0.15) is 3.64 Å². The number of hydrogen-bond acceptors (Lipinski definition) is 3. The lowest BCUT2D eigenvalue weighted by Crippen LogP contribution is -2.30. The van der Waals surface area contributed by atoms with Crippen molar-refractivity contribution in [2.45, 2.75) is 6.92 Å². The molecule has 2 N–H and O–H groups in total. The zero-order valence-electron chi connectivity index (χ0n) is 4.40. The number of rotatable bonds is 2. The Morgan fingerprint density at radius 3 is 2.88 bits per heavy atom. The number of carbonyl (C=O) groups excluding carboxylic acids is 1. The molecule has 4 nitrogen and oxygen atoms in total. The molecule has 0 fully saturated rings. The topological polar surface area (TPSA) is 50.4 Å². The van der Waals surface area contributed by atoms with E-state index < -0.39 is 6.09 Å². The van der Waals surface area contributed by atoms with Gasteiger partial charge in [-0.05, 0) is 6.92 Å². The van der Waals surface area contributed by atoms with Crippen molar-refractivity contribution in [3.8, 4) is 0 Å². The van der Waals surface area contributed by atoms with Crippen molar-refractivity contribution in [3.05, 3.63) is 0 Å². The molecule has 0 spiro atoms. The quantitative estimate of drug-likeness (QED) is 0.414. The van der Waals surface area contributed by atoms with Crippen LogP contribution < -0.4 is 9.06 Å². The second-order valence-electron chi connectivity index (χ2n) is 0.940. The lowest BCUT2D eigenvalue weighted by molar-refractivity contribution is 0.151. The number of nitrogens with one attached hydrogen (secondary N) is 2. The van der Waals surface area contributed by atoms with Gasteiger partial charge in [0.2, 0.25) is 0 Å². The summed E-state index contributed by atoms with van der Waals surface area (Å²) in [7, 11) is 0. The number of ether oxygens (including phenoxy) is 1. The van der Waals surface area contributed by atoms with E-state index in [4.69, 9.17) is 0 Å². The van der Waals surface area contributed by atoms with Crippen LogP contribution in [0.4, 0.5) is 4.79 Å². The Balaban J connectivity index is 3.06. The fourth-order valence-electron chi connectivity index (χ4n) is 0.206. The maximum atomic E-state index is 10.2. The zero-order valence-corrected chi connectivity index (χ0v) is 6.56. The van der Waals surface area contributed by atoms with Crippen LogP contribution in [-0.4, -0.2) is 12.7 Å². The molecule has 0 heterocycles. The molecule has 0 unspecified atom stereocenters. The van der Waals surface area contributed by atoms with Crippen molar-refractivity contribution >= 4 is 29.0 Å². The minimum Gasteiger partial charge on any atom is -0.449 e. The molecule has 0 aromatic carbocycles. The predicted octanol–water partition coefficient (Wildman–Crippen LogP) is 0.587. The van der Waals surface area contributed by atoms with Gasteiger partial charge in [-0.1, -0.05) is 0 Å². The van der Waals surface area contributed by atoms with E-state index in [0.717, 1.165) is 0 Å². The fraction of sp³-hybridized carbons (Fsp3) is 0.667. The Morgan fingerprint density at radius 1 is 1.88 bits per heavy atom. The molecule has 0 aromatic heterocycles. The first-order valence-corrected chi connectivity index (χ1v) is 3.17. The molecular weight excluding hydrogens is 223 g/mol. The number of carbonyl (C=O) groups is 1. The van der Waals surface area contributed by atoms with Crippen molar-refractivity contribution in [1.29, 1.82) is 0 Å². The molecule has 0 saturated heterocycles. The first-order valence-electron chi connectivity index (χ1n) is 2.09. The van der Waals surface area contributed by atoms with Crippen LogP contribution >= 0.6 is 22.9 Å². The van der Waals surface area contributed by atoms with Gasteiger partial charge in [-0.25, -0.2) is 10.2 Å². The molecule has 0 aliphatic rings. The highest BCUT2D eigenvalue weighted by atomic mass is 127. The van der Waals surface area contributed by atoms with Gasteiger partial charge in [-0.15, -0.1) is 0 Å². The highest BCUT2D eigenvalue weighted by Crippen LogP contribution is 1.73. The van der Waals surface area contributed by atoms with Gasteiger partial charge in [0.1, 0.15) is 0 Å². The van der Waals surface area contributed by atoms with Crippen molar-refractivity contribution in [2.24, 2.45) is 0 Å². The Hall–Kier alpha value is -0.0400. The van der Waals surface area contributed by atoms with Crippen molar-refractivity contribution < 1.29 is 9.53 Å². The van der Waals surface area contributed by atoms with E-state index in [9.17, 15) is 4.79 Å². The summed E-state index contributed by atoms with van der Waals surface area (Å²) >= 11 is 1.78. The summed E-state index contributed by atoms with van der Waals surface area (Å²) in [4.78, 5) is 10.2. The molecule has 0 aliphatic carbocycles. The fourth-order valence-corrected chi connectivity index (χ4v) is 0.426. The molecule has 5 heteroatoms. The van der Waals surface area contributed by atoms with Gasteiger partial charge < -0.3 is 4.74 Å². The molecule has 0 atom stereocenters. The lowest BCUT2D eigenvalue weighted by atomic mass is 10.9. The normalized spacial score (nSPS) is 8.25. The van der Waals surface area contributed by atoms with E-state index >= 15 is 0 Å². The van der Waals surface area contributed by atoms with E-state index in [-0.39, 0.29) is 0 Å². The molecule has 0 bridgehead atoms. The molecule has 8 heavy (non-hydrogen) atoms. The Labute approximate surface area is 61.4 Å². The van der Waals surface area contributed by atoms with E-state index in [2.05, 4.69) is 13.8 Å². The van der Waals surface area contributed by atoms with Gasteiger partial charge in [-0.3, -0.25) is 0 Å². The van der Waals surface area contributed by atoms with Gasteiger partial charge in [0.25, 0.3) is 0 Å². The third kappa shape index (κ3) is 4.13. The van der Waals surface area contributed by atoms with Crippen molar-refractivity contribution in [2.75, 3.05) is 6.61 Å². The van der Waals surface area contributed by atoms with Gasteiger partial charge in [0.15, 0.2) is 0 Å². The van der Waals surface area contributed by atoms with Crippen LogP contribution in [0.5, 0.6) is 0 Å². The van der Waals surface area contributed by atoms with E-state index in [0.29, 0.717) is 6.61 Å². The summed E-state index contributed by atoms with van der Waals surface area (Å²) < 4.78 is 6.86. The second kappa shape index (κ2) is 5.10. The van der Waals surface area contributed by atoms with Gasteiger partial charge >= 0.3 is 6.09 Å². The summed E-state index contributed by atoms with van der Waals surface area (Å²) in [6.07, 6.45) is -0.457. The van der Waals surface area contributed by atoms with E-state index in [1.165, 1.54) is 0 Å². The monoisotopic (exact) mass is 230 g/mol. The van der Waals surface area contributed by atoms with Crippen LogP contribution in [0.2, 0.25) is 0 Å². The summed E-state index contributed by atoms with van der Waals surface area (Å²) in [5.41, 5.74) is 2.22. The summed E-state index contributed by atoms with van der Waals surface area (Å²) in [6.45, 7) is 2.14. The number of amides is 1. The summed E-state index contributed by atoms with van der Waals surface area (Å²) in [5.74, 6) is 0. The maximum absolute atomic E-state index is 10.2. The van der Waals surface area contributed by atoms with Crippen LogP contribution in [0.25, 0.3) is 0 Å². The van der Waals surface area contributed by atoms with Crippen LogP contribution in [0.15, 0.2) is 0 Å². The standard InChI is InChI=1S/C3H7IN2O2/c1-2-8-3(7)5-6-4/h6H,2H2,1H3,(H,5,7). The third-order valence-corrected chi connectivity index (χ3v) is 0.694. The molecule has 48 valence electrons. The molecule has 0 aliphatic heterocycles. The predicted molar refractivity (Wildman–Crippen MR) is 37.3 cm³/mol. The molecule has 1 amide bonds. The molecule has 0 rings (SSSR count). The van der Waals surface area contributed by atoms with Crippen molar-refractivity contribution in [1.82, 2.24) is 9.06 Å². The van der Waals surface area contributed by atoms with Crippen molar-refractivity contribution in [3.63, 3.8) is 0 Å². The number of hydrazine groups is 1. The Bertz CT molecular complexity index is 69.7. The average Bonchev–Trinajstić information content (AvgIpc) is 1.68. The first kappa shape index (κ1) is 7.96. The van der Waals surface area contributed by atoms with Crippen LogP contribution in [0.1, 0.15) is 6.92 Å². The summed E-state index contributed by atoms with van der Waals surface area (Å²) in [6, 6.07) is 0. The molecule has 0 saturated carbocycles.